The first-order chi connectivity index (χ1) is 18.1. The van der Waals surface area contributed by atoms with Gasteiger partial charge in [0.15, 0.2) is 17.5 Å². The number of rotatable bonds is 6. The number of carbonyl (C=O) groups excluding carboxylic acids is 4. The van der Waals surface area contributed by atoms with Crippen LogP contribution in [0.25, 0.3) is 10.4 Å². The summed E-state index contributed by atoms with van der Waals surface area (Å²) in [6.45, 7) is 9.05. The summed E-state index contributed by atoms with van der Waals surface area (Å²) in [5, 5.41) is 14.6. The van der Waals surface area contributed by atoms with Crippen LogP contribution in [0.15, 0.2) is 5.11 Å². The molecule has 5 unspecified atom stereocenters. The number of unbranched alkanes of at least 4 members (excludes halogenated alkanes) is 1. The van der Waals surface area contributed by atoms with E-state index in [1.54, 1.807) is 20.8 Å². The number of methoxy groups -OCH3 is 1. The molecule has 3 rings (SSSR count). The van der Waals surface area contributed by atoms with Gasteiger partial charge in [-0.1, -0.05) is 32.8 Å². The van der Waals surface area contributed by atoms with Crippen LogP contribution in [-0.4, -0.2) is 89.0 Å². The molecule has 0 aromatic rings. The molecule has 0 radical (unpaired) electrons. The van der Waals surface area contributed by atoms with E-state index in [1.165, 1.54) is 25.9 Å². The number of halogens is 1. The van der Waals surface area contributed by atoms with Crippen LogP contribution in [0.1, 0.15) is 60.8 Å². The summed E-state index contributed by atoms with van der Waals surface area (Å²) in [6.07, 6.45) is -2.36. The first-order valence-corrected chi connectivity index (χ1v) is 13.3. The number of ether oxygens (including phenoxy) is 3. The maximum absolute atomic E-state index is 15.7. The molecule has 2 aliphatic heterocycles. The summed E-state index contributed by atoms with van der Waals surface area (Å²) in [6, 6.07) is -0.839. The van der Waals surface area contributed by atoms with Gasteiger partial charge in [0, 0.05) is 48.8 Å². The molecule has 12 nitrogen and oxygen atoms in total. The fourth-order valence-corrected chi connectivity index (χ4v) is 6.39. The smallest absolute Gasteiger partial charge is 0.410 e. The fourth-order valence-electron chi connectivity index (χ4n) is 6.39. The molecule has 10 atom stereocenters. The minimum Gasteiger partial charge on any atom is -0.455 e. The predicted molar refractivity (Wildman–Crippen MR) is 135 cm³/mol. The normalized spacial score (nSPS) is 43.0. The Morgan fingerprint density at radius 3 is 2.38 bits per heavy atom. The zero-order valence-electron chi connectivity index (χ0n) is 23.5. The zero-order chi connectivity index (χ0) is 29.5. The third-order valence-electron chi connectivity index (χ3n) is 8.95. The highest BCUT2D eigenvalue weighted by Gasteiger charge is 2.79. The van der Waals surface area contributed by atoms with Crippen molar-refractivity contribution >= 4 is 23.6 Å². The molecule has 3 aliphatic rings. The quantitative estimate of drug-likeness (QED) is 0.130. The van der Waals surface area contributed by atoms with E-state index < -0.39 is 76.6 Å². The molecule has 1 N–H and O–H groups in total. The maximum Gasteiger partial charge on any atom is 0.410 e. The van der Waals surface area contributed by atoms with Crippen LogP contribution < -0.4 is 0 Å². The standard InChI is InChI=1S/C26H39FN4O8/c1-13-12-24(5,37-7)19(33)15(3)20(34)25(6,27)22(35)38-21-16(4)26(21)18(14(2)17(13)32)31(23(36)39-26)11-9-8-10-29-30-28/h13-16,18-19,21,33H,8-12H2,1-7H3/t13-,14?,15?,16+,18-,19-,21?,24+,25?,26?/m1/s1. The van der Waals surface area contributed by atoms with Gasteiger partial charge < -0.3 is 24.2 Å². The average molecular weight is 555 g/mol. The molecule has 1 saturated carbocycles. The van der Waals surface area contributed by atoms with Crippen molar-refractivity contribution in [2.45, 2.75) is 95.9 Å². The summed E-state index contributed by atoms with van der Waals surface area (Å²) in [5.41, 5.74) is 2.59. The number of aliphatic hydroxyl groups is 1. The number of amides is 1. The average Bonchev–Trinajstić information content (AvgIpc) is 3.29. The summed E-state index contributed by atoms with van der Waals surface area (Å²) in [4.78, 5) is 57.1. The number of hydrogen-bond donors (Lipinski definition) is 1. The third kappa shape index (κ3) is 5.12. The van der Waals surface area contributed by atoms with Gasteiger partial charge in [0.1, 0.15) is 5.78 Å². The van der Waals surface area contributed by atoms with E-state index in [0.29, 0.717) is 12.8 Å². The lowest BCUT2D eigenvalue weighted by molar-refractivity contribution is -0.171. The first-order valence-electron chi connectivity index (χ1n) is 13.3. The minimum atomic E-state index is -3.09. The zero-order valence-corrected chi connectivity index (χ0v) is 23.5. The second-order valence-corrected chi connectivity index (χ2v) is 11.5. The molecule has 2 heterocycles. The summed E-state index contributed by atoms with van der Waals surface area (Å²) in [5.74, 6) is -6.27. The molecule has 218 valence electrons. The molecule has 0 aromatic carbocycles. The van der Waals surface area contributed by atoms with E-state index in [9.17, 15) is 24.3 Å². The van der Waals surface area contributed by atoms with Crippen LogP contribution >= 0.6 is 0 Å². The van der Waals surface area contributed by atoms with Crippen LogP contribution in [-0.2, 0) is 28.6 Å². The lowest BCUT2D eigenvalue weighted by atomic mass is 9.75. The van der Waals surface area contributed by atoms with Gasteiger partial charge in [-0.05, 0) is 38.6 Å². The molecule has 39 heavy (non-hydrogen) atoms. The first kappa shape index (κ1) is 30.8. The van der Waals surface area contributed by atoms with Crippen molar-refractivity contribution in [3.8, 4) is 0 Å². The number of hydrogen-bond acceptors (Lipinski definition) is 9. The Labute approximate surface area is 227 Å². The van der Waals surface area contributed by atoms with Gasteiger partial charge in [0.25, 0.3) is 5.67 Å². The number of carbonyl (C=O) groups is 4. The van der Waals surface area contributed by atoms with E-state index in [0.717, 1.165) is 6.92 Å². The van der Waals surface area contributed by atoms with Crippen LogP contribution in [0.5, 0.6) is 0 Å². The van der Waals surface area contributed by atoms with Crippen LogP contribution in [0, 0.1) is 23.7 Å². The van der Waals surface area contributed by atoms with Crippen LogP contribution in [0.2, 0.25) is 0 Å². The van der Waals surface area contributed by atoms with E-state index in [4.69, 9.17) is 19.7 Å². The van der Waals surface area contributed by atoms with Crippen LogP contribution in [0.3, 0.4) is 0 Å². The Morgan fingerprint density at radius 1 is 1.15 bits per heavy atom. The van der Waals surface area contributed by atoms with Gasteiger partial charge in [-0.15, -0.1) is 0 Å². The molecule has 1 aliphatic carbocycles. The number of ketones is 2. The van der Waals surface area contributed by atoms with Crippen molar-refractivity contribution in [2.75, 3.05) is 20.2 Å². The van der Waals surface area contributed by atoms with Crippen molar-refractivity contribution < 1.29 is 42.9 Å². The van der Waals surface area contributed by atoms with Gasteiger partial charge in [0.2, 0.25) is 0 Å². The molecule has 0 bridgehead atoms. The summed E-state index contributed by atoms with van der Waals surface area (Å²) in [7, 11) is 1.32. The van der Waals surface area contributed by atoms with Gasteiger partial charge >= 0.3 is 12.1 Å². The molecule has 3 fully saturated rings. The highest BCUT2D eigenvalue weighted by Crippen LogP contribution is 2.59. The molecular weight excluding hydrogens is 515 g/mol. The Balaban J connectivity index is 2.05. The van der Waals surface area contributed by atoms with Gasteiger partial charge in [-0.25, -0.2) is 14.0 Å². The Kier molecular flexibility index (Phi) is 8.69. The second-order valence-electron chi connectivity index (χ2n) is 11.5. The molecule has 0 aromatic heterocycles. The molecule has 1 amide bonds. The monoisotopic (exact) mass is 554 g/mol. The van der Waals surface area contributed by atoms with Crippen LogP contribution in [0.4, 0.5) is 9.18 Å². The lowest BCUT2D eigenvalue weighted by Gasteiger charge is -2.39. The SMILES string of the molecule is CO[C@@]1(C)C[C@@H](C)C(=O)C(C)[C@H]2N(CCCCN=[N+]=[N-])C(=O)OC23C(OC(=O)C(C)(F)C(=O)C(C)[C@H]1O)[C@@H]3C. The highest BCUT2D eigenvalue weighted by atomic mass is 19.1. The van der Waals surface area contributed by atoms with Crippen molar-refractivity contribution in [3.05, 3.63) is 10.4 Å². The minimum absolute atomic E-state index is 0.00141. The summed E-state index contributed by atoms with van der Waals surface area (Å²) >= 11 is 0. The number of aliphatic hydroxyl groups excluding tert-OH is 1. The third-order valence-corrected chi connectivity index (χ3v) is 8.95. The van der Waals surface area contributed by atoms with E-state index in [1.807, 2.05) is 0 Å². The Bertz CT molecular complexity index is 1060. The number of azide groups is 1. The molecule has 2 saturated heterocycles. The maximum atomic E-state index is 15.7. The van der Waals surface area contributed by atoms with E-state index >= 15 is 4.39 Å². The molecule has 1 spiro atoms. The fraction of sp³-hybridized carbons (Fsp3) is 0.846. The largest absolute Gasteiger partial charge is 0.455 e. The van der Waals surface area contributed by atoms with Crippen molar-refractivity contribution in [1.29, 1.82) is 0 Å². The van der Waals surface area contributed by atoms with Gasteiger partial charge in [0.05, 0.1) is 17.7 Å². The highest BCUT2D eigenvalue weighted by molar-refractivity contribution is 6.08. The predicted octanol–water partition coefficient (Wildman–Crippen LogP) is 3.14. The van der Waals surface area contributed by atoms with Gasteiger partial charge in [-0.3, -0.25) is 9.59 Å². The Morgan fingerprint density at radius 2 is 1.79 bits per heavy atom. The molecule has 13 heteroatoms. The number of alkyl halides is 1. The Hall–Kier alpha value is -2.76. The van der Waals surface area contributed by atoms with Crippen molar-refractivity contribution in [2.24, 2.45) is 28.8 Å². The number of Topliss-reactive ketones (excluding diaryl/α,β-unsaturated/α-hetero) is 2. The summed E-state index contributed by atoms with van der Waals surface area (Å²) < 4.78 is 32.6. The van der Waals surface area contributed by atoms with Crippen molar-refractivity contribution in [3.63, 3.8) is 0 Å². The second kappa shape index (κ2) is 11.0. The number of nitrogens with zero attached hydrogens (tertiary/aromatic N) is 4. The van der Waals surface area contributed by atoms with E-state index in [-0.39, 0.29) is 25.3 Å². The number of esters is 1. The van der Waals surface area contributed by atoms with Crippen molar-refractivity contribution in [1.82, 2.24) is 4.90 Å². The van der Waals surface area contributed by atoms with Gasteiger partial charge in [-0.2, -0.15) is 0 Å². The molecular formula is C26H39FN4O8. The van der Waals surface area contributed by atoms with E-state index in [2.05, 4.69) is 10.0 Å². The topological polar surface area (TPSA) is 168 Å². The lowest BCUT2D eigenvalue weighted by Crippen LogP contribution is -2.55.